The topological polar surface area (TPSA) is 73.8 Å². The highest BCUT2D eigenvalue weighted by molar-refractivity contribution is 6.26. The molecule has 8 rings (SSSR count). The van der Waals surface area contributed by atoms with Crippen LogP contribution in [-0.2, 0) is 0 Å². The molecule has 5 aromatic heterocycles. The molecule has 0 saturated heterocycles. The van der Waals surface area contributed by atoms with E-state index in [9.17, 15) is 0 Å². The molecule has 0 spiro atoms. The van der Waals surface area contributed by atoms with Gasteiger partial charge in [-0.25, -0.2) is 9.50 Å². The van der Waals surface area contributed by atoms with Crippen LogP contribution in [0.5, 0.6) is 0 Å². The van der Waals surface area contributed by atoms with Crippen molar-refractivity contribution in [3.05, 3.63) is 104 Å². The van der Waals surface area contributed by atoms with Crippen molar-refractivity contribution in [1.82, 2.24) is 34.1 Å². The van der Waals surface area contributed by atoms with Crippen molar-refractivity contribution in [3.8, 4) is 28.7 Å². The molecule has 0 unspecified atom stereocenters. The van der Waals surface area contributed by atoms with Gasteiger partial charge in [-0.2, -0.15) is 15.1 Å². The zero-order valence-corrected chi connectivity index (χ0v) is 18.9. The lowest BCUT2D eigenvalue weighted by atomic mass is 10.1. The number of rotatable bonds is 3. The van der Waals surface area contributed by atoms with E-state index in [1.807, 2.05) is 95.9 Å². The molecule has 0 aliphatic heterocycles. The largest absolute Gasteiger partial charge is 0.276 e. The van der Waals surface area contributed by atoms with Crippen molar-refractivity contribution < 1.29 is 0 Å². The summed E-state index contributed by atoms with van der Waals surface area (Å²) < 4.78 is 4.08. The number of hydrogen-bond acceptors (Lipinski definition) is 5. The van der Waals surface area contributed by atoms with Crippen LogP contribution in [0.2, 0.25) is 0 Å². The standard InChI is InChI=1S/C29H17N7/c1-3-8-18(9-4-1)27-32-28(19-10-5-2-6-11-19)34-29(33-27)35-22-12-7-13-23-26(22)25-20(16-30-17-24(25)35)21-14-15-31-36(21)23/h1-17H. The molecule has 0 atom stereocenters. The maximum Gasteiger partial charge on any atom is 0.238 e. The molecule has 0 aliphatic rings. The summed E-state index contributed by atoms with van der Waals surface area (Å²) >= 11 is 0. The zero-order chi connectivity index (χ0) is 23.6. The second-order valence-corrected chi connectivity index (χ2v) is 8.73. The third-order valence-electron chi connectivity index (χ3n) is 6.71. The fourth-order valence-corrected chi connectivity index (χ4v) is 5.17. The van der Waals surface area contributed by atoms with E-state index < -0.39 is 0 Å². The molecule has 36 heavy (non-hydrogen) atoms. The van der Waals surface area contributed by atoms with Gasteiger partial charge in [-0.3, -0.25) is 9.55 Å². The molecule has 0 fully saturated rings. The van der Waals surface area contributed by atoms with Crippen LogP contribution in [0, 0.1) is 0 Å². The SMILES string of the molecule is c1ccc(-c2nc(-c3ccccc3)nc(-n3c4cncc5c4c4c3cccc4n3nccc53)n2)cc1. The minimum atomic E-state index is 0.554. The van der Waals surface area contributed by atoms with E-state index in [-0.39, 0.29) is 0 Å². The molecule has 0 bridgehead atoms. The molecule has 7 heteroatoms. The molecule has 0 N–H and O–H groups in total. The average molecular weight is 464 g/mol. The first kappa shape index (κ1) is 19.2. The van der Waals surface area contributed by atoms with Gasteiger partial charge in [0.15, 0.2) is 11.6 Å². The van der Waals surface area contributed by atoms with Crippen molar-refractivity contribution in [1.29, 1.82) is 0 Å². The molecular weight excluding hydrogens is 446 g/mol. The molecule has 5 heterocycles. The Hall–Kier alpha value is -5.17. The van der Waals surface area contributed by atoms with Crippen LogP contribution in [0.4, 0.5) is 0 Å². The molecule has 8 aromatic rings. The first-order chi connectivity index (χ1) is 17.9. The Morgan fingerprint density at radius 1 is 0.528 bits per heavy atom. The Labute approximate surface area is 204 Å². The summed E-state index contributed by atoms with van der Waals surface area (Å²) in [5.41, 5.74) is 5.88. The molecule has 0 amide bonds. The van der Waals surface area contributed by atoms with Gasteiger partial charge in [0, 0.05) is 33.5 Å². The van der Waals surface area contributed by atoms with E-state index in [2.05, 4.69) is 26.8 Å². The first-order valence-electron chi connectivity index (χ1n) is 11.7. The molecular formula is C29H17N7. The second kappa shape index (κ2) is 7.16. The fraction of sp³-hybridized carbons (Fsp3) is 0. The lowest BCUT2D eigenvalue weighted by Gasteiger charge is -2.10. The van der Waals surface area contributed by atoms with Crippen LogP contribution in [0.3, 0.4) is 0 Å². The minimum absolute atomic E-state index is 0.554. The minimum Gasteiger partial charge on any atom is -0.276 e. The predicted molar refractivity (Wildman–Crippen MR) is 140 cm³/mol. The summed E-state index contributed by atoms with van der Waals surface area (Å²) in [6.07, 6.45) is 5.63. The lowest BCUT2D eigenvalue weighted by Crippen LogP contribution is -2.06. The maximum atomic E-state index is 4.98. The molecule has 0 aliphatic carbocycles. The quantitative estimate of drug-likeness (QED) is 0.303. The number of fused-ring (bicyclic) bond motifs is 3. The number of nitrogens with zero attached hydrogens (tertiary/aromatic N) is 7. The fourth-order valence-electron chi connectivity index (χ4n) is 5.17. The van der Waals surface area contributed by atoms with Crippen LogP contribution in [0.15, 0.2) is 104 Å². The highest BCUT2D eigenvalue weighted by Gasteiger charge is 2.22. The molecule has 0 radical (unpaired) electrons. The normalized spacial score (nSPS) is 11.9. The van der Waals surface area contributed by atoms with Gasteiger partial charge < -0.3 is 0 Å². The summed E-state index contributed by atoms with van der Waals surface area (Å²) in [5, 5.41) is 7.89. The third-order valence-corrected chi connectivity index (χ3v) is 6.71. The average Bonchev–Trinajstić information content (AvgIpc) is 3.58. The summed E-state index contributed by atoms with van der Waals surface area (Å²) in [6, 6.07) is 28.3. The van der Waals surface area contributed by atoms with Crippen molar-refractivity contribution in [3.63, 3.8) is 0 Å². The van der Waals surface area contributed by atoms with Crippen molar-refractivity contribution in [2.45, 2.75) is 0 Å². The van der Waals surface area contributed by atoms with Crippen LogP contribution >= 0.6 is 0 Å². The summed E-state index contributed by atoms with van der Waals surface area (Å²) in [6.45, 7) is 0. The Morgan fingerprint density at radius 2 is 1.22 bits per heavy atom. The van der Waals surface area contributed by atoms with Gasteiger partial charge in [-0.1, -0.05) is 66.7 Å². The second-order valence-electron chi connectivity index (χ2n) is 8.73. The van der Waals surface area contributed by atoms with Crippen molar-refractivity contribution in [2.75, 3.05) is 0 Å². The predicted octanol–water partition coefficient (Wildman–Crippen LogP) is 5.94. The number of hydrogen-bond donors (Lipinski definition) is 0. The summed E-state index contributed by atoms with van der Waals surface area (Å²) in [7, 11) is 0. The highest BCUT2D eigenvalue weighted by atomic mass is 15.2. The van der Waals surface area contributed by atoms with E-state index in [4.69, 9.17) is 15.0 Å². The molecule has 7 nitrogen and oxygen atoms in total. The number of benzene rings is 3. The van der Waals surface area contributed by atoms with Crippen LogP contribution in [0.25, 0.3) is 66.9 Å². The van der Waals surface area contributed by atoms with Gasteiger partial charge in [-0.15, -0.1) is 0 Å². The Morgan fingerprint density at radius 3 is 1.94 bits per heavy atom. The smallest absolute Gasteiger partial charge is 0.238 e. The van der Waals surface area contributed by atoms with Crippen LogP contribution < -0.4 is 0 Å². The molecule has 3 aromatic carbocycles. The van der Waals surface area contributed by atoms with E-state index in [1.165, 1.54) is 0 Å². The van der Waals surface area contributed by atoms with Crippen molar-refractivity contribution in [2.24, 2.45) is 0 Å². The molecule has 168 valence electrons. The van der Waals surface area contributed by atoms with Gasteiger partial charge in [0.05, 0.1) is 34.5 Å². The van der Waals surface area contributed by atoms with Gasteiger partial charge in [0.1, 0.15) is 0 Å². The van der Waals surface area contributed by atoms with Gasteiger partial charge in [0.2, 0.25) is 5.95 Å². The van der Waals surface area contributed by atoms with E-state index in [0.29, 0.717) is 17.6 Å². The van der Waals surface area contributed by atoms with Crippen LogP contribution in [-0.4, -0.2) is 34.1 Å². The lowest BCUT2D eigenvalue weighted by molar-refractivity contribution is 0.952. The number of aromatic nitrogens is 7. The van der Waals surface area contributed by atoms with Gasteiger partial charge in [0.25, 0.3) is 0 Å². The monoisotopic (exact) mass is 463 g/mol. The van der Waals surface area contributed by atoms with Crippen molar-refractivity contribution >= 4 is 38.2 Å². The summed E-state index contributed by atoms with van der Waals surface area (Å²) in [4.78, 5) is 19.4. The Kier molecular flexibility index (Phi) is 3.81. The zero-order valence-electron chi connectivity index (χ0n) is 18.9. The third kappa shape index (κ3) is 2.59. The Balaban J connectivity index is 1.52. The van der Waals surface area contributed by atoms with E-state index >= 15 is 0 Å². The van der Waals surface area contributed by atoms with Gasteiger partial charge >= 0.3 is 0 Å². The highest BCUT2D eigenvalue weighted by Crippen LogP contribution is 2.39. The molecule has 0 saturated carbocycles. The maximum absolute atomic E-state index is 4.98. The Bertz CT molecular complexity index is 1900. The first-order valence-corrected chi connectivity index (χ1v) is 11.7. The van der Waals surface area contributed by atoms with Gasteiger partial charge in [-0.05, 0) is 18.2 Å². The van der Waals surface area contributed by atoms with E-state index in [0.717, 1.165) is 49.4 Å². The van der Waals surface area contributed by atoms with E-state index in [1.54, 1.807) is 0 Å². The van der Waals surface area contributed by atoms with Crippen LogP contribution in [0.1, 0.15) is 0 Å². The summed E-state index contributed by atoms with van der Waals surface area (Å²) in [5.74, 6) is 1.80. The number of pyridine rings is 2.